The van der Waals surface area contributed by atoms with Crippen LogP contribution in [0.3, 0.4) is 0 Å². The number of amides is 1. The fourth-order valence-corrected chi connectivity index (χ4v) is 5.02. The third kappa shape index (κ3) is 5.05. The van der Waals surface area contributed by atoms with E-state index in [9.17, 15) is 18.0 Å². The number of carbonyl (C=O) groups excluding carboxylic acids is 1. The van der Waals surface area contributed by atoms with Crippen molar-refractivity contribution in [2.75, 3.05) is 38.4 Å². The number of aromatic nitrogens is 5. The van der Waals surface area contributed by atoms with E-state index in [1.54, 1.807) is 18.8 Å². The number of carbonyl (C=O) groups is 1. The van der Waals surface area contributed by atoms with Crippen LogP contribution in [-0.2, 0) is 37.0 Å². The number of ether oxygens (including phenoxy) is 2. The third-order valence-corrected chi connectivity index (χ3v) is 7.03. The van der Waals surface area contributed by atoms with Gasteiger partial charge in [0.1, 0.15) is 17.7 Å². The highest BCUT2D eigenvalue weighted by Crippen LogP contribution is 2.40. The van der Waals surface area contributed by atoms with Gasteiger partial charge in [-0.15, -0.1) is 0 Å². The number of hydrogen-bond donors (Lipinski definition) is 1. The number of nitrogens with zero attached hydrogens (tertiary/aromatic N) is 7. The highest BCUT2D eigenvalue weighted by Gasteiger charge is 2.39. The molecule has 0 saturated heterocycles. The van der Waals surface area contributed by atoms with Gasteiger partial charge in [-0.25, -0.2) is 4.98 Å². The van der Waals surface area contributed by atoms with Crippen LogP contribution in [0.15, 0.2) is 12.1 Å². The number of nitrogen functional groups attached to an aromatic ring is 1. The molecule has 3 aromatic heterocycles. The minimum Gasteiger partial charge on any atom is -0.467 e. The van der Waals surface area contributed by atoms with Crippen LogP contribution in [0.4, 0.5) is 24.8 Å². The monoisotopic (exact) mass is 566 g/mol. The minimum atomic E-state index is -4.63. The molecular weight excluding hydrogens is 541 g/mol. The second-order valence-corrected chi connectivity index (χ2v) is 9.81. The summed E-state index contributed by atoms with van der Waals surface area (Å²) in [6.45, 7) is 1.34. The zero-order chi connectivity index (χ0) is 28.1. The standard InChI is InChI=1S/C24H26ClF3N8O3/c1-34(2)22(37)20-18(25)15-10-35(7-4-8-36(15)33-20)21-12-11-39-16(9-14(12)30-23(32-21)38-3)19-13(24(26,27)28)5-6-17(29)31-19/h5-6,16H,4,7-11H2,1-3H3,(H2,29,31). The van der Waals surface area contributed by atoms with Crippen LogP contribution < -0.4 is 15.4 Å². The van der Waals surface area contributed by atoms with Gasteiger partial charge in [-0.05, 0) is 18.6 Å². The molecule has 0 aromatic carbocycles. The van der Waals surface area contributed by atoms with Gasteiger partial charge in [0.15, 0.2) is 5.69 Å². The average molecular weight is 567 g/mol. The van der Waals surface area contributed by atoms with Crippen LogP contribution >= 0.6 is 11.6 Å². The summed E-state index contributed by atoms with van der Waals surface area (Å²) in [5.74, 6) is 0.164. The normalized spacial score (nSPS) is 17.3. The molecule has 0 aliphatic carbocycles. The van der Waals surface area contributed by atoms with E-state index in [4.69, 9.17) is 26.8 Å². The molecule has 0 spiro atoms. The number of hydrogen-bond acceptors (Lipinski definition) is 9. The number of pyridine rings is 1. The Labute approximate surface area is 226 Å². The summed E-state index contributed by atoms with van der Waals surface area (Å²) in [7, 11) is 4.66. The second kappa shape index (κ2) is 10.2. The zero-order valence-electron chi connectivity index (χ0n) is 21.4. The van der Waals surface area contributed by atoms with Crippen molar-refractivity contribution in [3.63, 3.8) is 0 Å². The predicted octanol–water partition coefficient (Wildman–Crippen LogP) is 3.26. The molecule has 1 unspecified atom stereocenters. The maximum absolute atomic E-state index is 13.7. The van der Waals surface area contributed by atoms with Crippen LogP contribution in [-0.4, -0.2) is 63.3 Å². The summed E-state index contributed by atoms with van der Waals surface area (Å²) in [5, 5.41) is 4.70. The molecule has 2 aliphatic heterocycles. The van der Waals surface area contributed by atoms with Crippen LogP contribution in [0.2, 0.25) is 5.02 Å². The highest BCUT2D eigenvalue weighted by molar-refractivity contribution is 6.34. The fourth-order valence-electron chi connectivity index (χ4n) is 4.75. The van der Waals surface area contributed by atoms with Crippen LogP contribution in [0.1, 0.15) is 51.2 Å². The Kier molecular flexibility index (Phi) is 7.01. The number of nitrogens with two attached hydrogens (primary N) is 1. The van der Waals surface area contributed by atoms with Gasteiger partial charge in [-0.3, -0.25) is 9.48 Å². The summed E-state index contributed by atoms with van der Waals surface area (Å²) in [4.78, 5) is 28.9. The number of rotatable bonds is 4. The smallest absolute Gasteiger partial charge is 0.418 e. The van der Waals surface area contributed by atoms with Gasteiger partial charge in [-0.2, -0.15) is 28.2 Å². The summed E-state index contributed by atoms with van der Waals surface area (Å²) in [6, 6.07) is 2.08. The Morgan fingerprint density at radius 2 is 2.00 bits per heavy atom. The van der Waals surface area contributed by atoms with Crippen molar-refractivity contribution >= 4 is 29.1 Å². The number of alkyl halides is 3. The largest absolute Gasteiger partial charge is 0.467 e. The van der Waals surface area contributed by atoms with E-state index >= 15 is 0 Å². The van der Waals surface area contributed by atoms with Crippen molar-refractivity contribution in [2.24, 2.45) is 0 Å². The summed E-state index contributed by atoms with van der Waals surface area (Å²) >= 11 is 6.61. The molecule has 0 radical (unpaired) electrons. The van der Waals surface area contributed by atoms with Gasteiger partial charge in [-0.1, -0.05) is 11.6 Å². The Morgan fingerprint density at radius 1 is 1.23 bits per heavy atom. The lowest BCUT2D eigenvalue weighted by Crippen LogP contribution is -2.29. The molecule has 1 amide bonds. The van der Waals surface area contributed by atoms with E-state index in [-0.39, 0.29) is 53.7 Å². The summed E-state index contributed by atoms with van der Waals surface area (Å²) in [5.41, 5.74) is 6.43. The second-order valence-electron chi connectivity index (χ2n) is 9.44. The van der Waals surface area contributed by atoms with Crippen molar-refractivity contribution in [1.29, 1.82) is 0 Å². The molecule has 5 rings (SSSR count). The zero-order valence-corrected chi connectivity index (χ0v) is 22.2. The number of halogens is 4. The SMILES string of the molecule is COc1nc2c(c(N3CCCn4nc(C(=O)N(C)C)c(Cl)c4C3)n1)COC(c1nc(N)ccc1C(F)(F)F)C2. The molecule has 2 aliphatic rings. The summed E-state index contributed by atoms with van der Waals surface area (Å²) in [6.07, 6.45) is -4.97. The number of methoxy groups -OCH3 is 1. The lowest BCUT2D eigenvalue weighted by Gasteiger charge is -2.30. The quantitative estimate of drug-likeness (QED) is 0.506. The first kappa shape index (κ1) is 26.9. The van der Waals surface area contributed by atoms with Gasteiger partial charge in [0.25, 0.3) is 5.91 Å². The molecule has 15 heteroatoms. The van der Waals surface area contributed by atoms with Crippen molar-refractivity contribution in [3.8, 4) is 6.01 Å². The van der Waals surface area contributed by atoms with Crippen molar-refractivity contribution in [1.82, 2.24) is 29.6 Å². The maximum Gasteiger partial charge on any atom is 0.418 e. The van der Waals surface area contributed by atoms with Gasteiger partial charge < -0.3 is 25.0 Å². The third-order valence-electron chi connectivity index (χ3n) is 6.64. The first-order chi connectivity index (χ1) is 18.5. The first-order valence-corrected chi connectivity index (χ1v) is 12.5. The number of aryl methyl sites for hydroxylation is 1. The Balaban J connectivity index is 1.51. The molecule has 0 bridgehead atoms. The topological polar surface area (TPSA) is 125 Å². The Bertz CT molecular complexity index is 1430. The molecule has 208 valence electrons. The summed E-state index contributed by atoms with van der Waals surface area (Å²) < 4.78 is 54.1. The molecule has 5 heterocycles. The first-order valence-electron chi connectivity index (χ1n) is 12.1. The van der Waals surface area contributed by atoms with E-state index in [1.807, 2.05) is 4.90 Å². The van der Waals surface area contributed by atoms with Gasteiger partial charge in [0.05, 0.1) is 47.9 Å². The predicted molar refractivity (Wildman–Crippen MR) is 134 cm³/mol. The highest BCUT2D eigenvalue weighted by atomic mass is 35.5. The van der Waals surface area contributed by atoms with Crippen LogP contribution in [0.25, 0.3) is 0 Å². The molecule has 0 saturated carbocycles. The maximum atomic E-state index is 13.7. The van der Waals surface area contributed by atoms with Crippen molar-refractivity contribution in [2.45, 2.75) is 44.8 Å². The fraction of sp³-hybridized carbons (Fsp3) is 0.458. The lowest BCUT2D eigenvalue weighted by atomic mass is 9.99. The molecule has 11 nitrogen and oxygen atoms in total. The molecule has 39 heavy (non-hydrogen) atoms. The lowest BCUT2D eigenvalue weighted by molar-refractivity contribution is -0.140. The van der Waals surface area contributed by atoms with E-state index in [2.05, 4.69) is 20.1 Å². The van der Waals surface area contributed by atoms with E-state index in [1.165, 1.54) is 12.0 Å². The molecule has 0 fully saturated rings. The van der Waals surface area contributed by atoms with Gasteiger partial charge >= 0.3 is 12.2 Å². The Morgan fingerprint density at radius 3 is 2.69 bits per heavy atom. The van der Waals surface area contributed by atoms with Gasteiger partial charge in [0, 0.05) is 39.2 Å². The number of fused-ring (bicyclic) bond motifs is 2. The van der Waals surface area contributed by atoms with E-state index < -0.39 is 17.8 Å². The van der Waals surface area contributed by atoms with Crippen molar-refractivity contribution in [3.05, 3.63) is 51.1 Å². The van der Waals surface area contributed by atoms with Crippen molar-refractivity contribution < 1.29 is 27.4 Å². The average Bonchev–Trinajstić information content (AvgIpc) is 3.06. The number of anilines is 2. The Hall–Kier alpha value is -3.65. The molecule has 2 N–H and O–H groups in total. The molecule has 1 atom stereocenters. The van der Waals surface area contributed by atoms with Crippen LogP contribution in [0, 0.1) is 0 Å². The van der Waals surface area contributed by atoms with Gasteiger partial charge in [0.2, 0.25) is 0 Å². The minimum absolute atomic E-state index is 0.00869. The van der Waals surface area contributed by atoms with E-state index in [0.29, 0.717) is 42.3 Å². The van der Waals surface area contributed by atoms with Crippen LogP contribution in [0.5, 0.6) is 6.01 Å². The molecular formula is C24H26ClF3N8O3. The van der Waals surface area contributed by atoms with E-state index in [0.717, 1.165) is 12.1 Å². The molecule has 3 aromatic rings.